The molecule has 0 amide bonds. The Balaban J connectivity index is 1.99. The SMILES string of the molecule is FC(F)(F)c1c2c(nc3cc(-c4cccc(Br)c4)nn13)CCCC2. The number of hydrogen-bond acceptors (Lipinski definition) is 2. The Morgan fingerprint density at radius 2 is 1.88 bits per heavy atom. The summed E-state index contributed by atoms with van der Waals surface area (Å²) in [5.74, 6) is 0. The fourth-order valence-electron chi connectivity index (χ4n) is 3.23. The normalized spacial score (nSPS) is 14.8. The van der Waals surface area contributed by atoms with E-state index in [1.165, 1.54) is 0 Å². The number of hydrogen-bond donors (Lipinski definition) is 0. The van der Waals surface area contributed by atoms with E-state index in [1.54, 1.807) is 6.07 Å². The van der Waals surface area contributed by atoms with Gasteiger partial charge < -0.3 is 0 Å². The van der Waals surface area contributed by atoms with Gasteiger partial charge in [0.25, 0.3) is 0 Å². The second-order valence-electron chi connectivity index (χ2n) is 5.90. The molecule has 24 heavy (non-hydrogen) atoms. The topological polar surface area (TPSA) is 30.2 Å². The van der Waals surface area contributed by atoms with Crippen molar-refractivity contribution < 1.29 is 13.2 Å². The molecule has 3 aromatic rings. The Labute approximate surface area is 144 Å². The van der Waals surface area contributed by atoms with Crippen molar-refractivity contribution >= 4 is 21.6 Å². The van der Waals surface area contributed by atoms with E-state index in [2.05, 4.69) is 26.0 Å². The number of benzene rings is 1. The number of rotatable bonds is 1. The molecule has 7 heteroatoms. The van der Waals surface area contributed by atoms with Crippen LogP contribution in [0.25, 0.3) is 16.9 Å². The maximum atomic E-state index is 13.7. The van der Waals surface area contributed by atoms with E-state index in [-0.39, 0.29) is 5.65 Å². The first-order valence-electron chi connectivity index (χ1n) is 7.68. The molecule has 0 unspecified atom stereocenters. The molecule has 3 nitrogen and oxygen atoms in total. The summed E-state index contributed by atoms with van der Waals surface area (Å²) >= 11 is 3.37. The number of aryl methyl sites for hydroxylation is 1. The van der Waals surface area contributed by atoms with Crippen LogP contribution in [-0.2, 0) is 19.0 Å². The molecular weight excluding hydrogens is 383 g/mol. The highest BCUT2D eigenvalue weighted by Crippen LogP contribution is 2.37. The minimum atomic E-state index is -4.46. The van der Waals surface area contributed by atoms with Gasteiger partial charge in [0.05, 0.1) is 5.69 Å². The van der Waals surface area contributed by atoms with Crippen molar-refractivity contribution in [2.24, 2.45) is 0 Å². The molecule has 1 aliphatic carbocycles. The summed E-state index contributed by atoms with van der Waals surface area (Å²) in [4.78, 5) is 4.45. The highest BCUT2D eigenvalue weighted by atomic mass is 79.9. The van der Waals surface area contributed by atoms with Crippen molar-refractivity contribution in [1.29, 1.82) is 0 Å². The van der Waals surface area contributed by atoms with E-state index in [1.807, 2.05) is 24.3 Å². The van der Waals surface area contributed by atoms with Gasteiger partial charge in [0.1, 0.15) is 0 Å². The van der Waals surface area contributed by atoms with E-state index >= 15 is 0 Å². The Bertz CT molecular complexity index is 931. The molecule has 0 aliphatic heterocycles. The van der Waals surface area contributed by atoms with Crippen molar-refractivity contribution in [2.75, 3.05) is 0 Å². The van der Waals surface area contributed by atoms with Gasteiger partial charge in [-0.05, 0) is 37.8 Å². The summed E-state index contributed by atoms with van der Waals surface area (Å²) in [6.45, 7) is 0. The number of nitrogens with zero attached hydrogens (tertiary/aromatic N) is 3. The van der Waals surface area contributed by atoms with Crippen LogP contribution in [0, 0.1) is 0 Å². The van der Waals surface area contributed by atoms with Crippen LogP contribution in [-0.4, -0.2) is 14.6 Å². The third-order valence-corrected chi connectivity index (χ3v) is 4.76. The predicted octanol–water partition coefficient (Wildman–Crippen LogP) is 5.06. The van der Waals surface area contributed by atoms with E-state index < -0.39 is 11.9 Å². The Kier molecular flexibility index (Phi) is 3.63. The van der Waals surface area contributed by atoms with E-state index in [0.717, 1.165) is 27.4 Å². The summed E-state index contributed by atoms with van der Waals surface area (Å²) in [5, 5.41) is 4.21. The molecule has 2 heterocycles. The van der Waals surface area contributed by atoms with E-state index in [0.29, 0.717) is 29.8 Å². The molecule has 0 fully saturated rings. The molecule has 0 atom stereocenters. The van der Waals surface area contributed by atoms with Crippen molar-refractivity contribution in [3.63, 3.8) is 0 Å². The van der Waals surface area contributed by atoms with Gasteiger partial charge >= 0.3 is 6.18 Å². The average molecular weight is 396 g/mol. The zero-order chi connectivity index (χ0) is 16.9. The summed E-state index contributed by atoms with van der Waals surface area (Å²) < 4.78 is 42.9. The van der Waals surface area contributed by atoms with Gasteiger partial charge in [0, 0.05) is 27.4 Å². The summed E-state index contributed by atoms with van der Waals surface area (Å²) in [6, 6.07) is 8.95. The lowest BCUT2D eigenvalue weighted by Crippen LogP contribution is -2.21. The molecule has 0 spiro atoms. The lowest BCUT2D eigenvalue weighted by atomic mass is 9.94. The first-order valence-corrected chi connectivity index (χ1v) is 8.47. The Morgan fingerprint density at radius 1 is 1.08 bits per heavy atom. The molecule has 4 rings (SSSR count). The van der Waals surface area contributed by atoms with Gasteiger partial charge in [-0.2, -0.15) is 18.3 Å². The highest BCUT2D eigenvalue weighted by Gasteiger charge is 2.39. The van der Waals surface area contributed by atoms with Crippen LogP contribution in [0.5, 0.6) is 0 Å². The lowest BCUT2D eigenvalue weighted by molar-refractivity contribution is -0.143. The fraction of sp³-hybridized carbons (Fsp3) is 0.294. The molecule has 0 radical (unpaired) electrons. The molecule has 0 bridgehead atoms. The molecule has 0 N–H and O–H groups in total. The smallest absolute Gasteiger partial charge is 0.233 e. The third-order valence-electron chi connectivity index (χ3n) is 4.27. The van der Waals surface area contributed by atoms with Crippen LogP contribution in [0.1, 0.15) is 29.8 Å². The molecule has 124 valence electrons. The van der Waals surface area contributed by atoms with Gasteiger partial charge in [-0.15, -0.1) is 0 Å². The van der Waals surface area contributed by atoms with Crippen LogP contribution >= 0.6 is 15.9 Å². The van der Waals surface area contributed by atoms with Crippen LogP contribution in [0.3, 0.4) is 0 Å². The van der Waals surface area contributed by atoms with Crippen LogP contribution < -0.4 is 0 Å². The molecule has 1 aromatic carbocycles. The van der Waals surface area contributed by atoms with Gasteiger partial charge in [-0.3, -0.25) is 0 Å². The molecule has 1 aliphatic rings. The van der Waals surface area contributed by atoms with E-state index in [9.17, 15) is 13.2 Å². The first kappa shape index (κ1) is 15.6. The molecule has 2 aromatic heterocycles. The number of alkyl halides is 3. The summed E-state index contributed by atoms with van der Waals surface area (Å²) in [6.07, 6.45) is -1.84. The number of fused-ring (bicyclic) bond motifs is 2. The Morgan fingerprint density at radius 3 is 2.62 bits per heavy atom. The third kappa shape index (κ3) is 2.60. The molecule has 0 saturated heterocycles. The van der Waals surface area contributed by atoms with Gasteiger partial charge in [0.15, 0.2) is 11.3 Å². The van der Waals surface area contributed by atoms with Crippen molar-refractivity contribution in [1.82, 2.24) is 14.6 Å². The number of halogens is 4. The highest BCUT2D eigenvalue weighted by molar-refractivity contribution is 9.10. The average Bonchev–Trinajstić information content (AvgIpc) is 2.94. The first-order chi connectivity index (χ1) is 11.4. The maximum absolute atomic E-state index is 13.7. The Hall–Kier alpha value is -1.89. The summed E-state index contributed by atoms with van der Waals surface area (Å²) in [7, 11) is 0. The van der Waals surface area contributed by atoms with Crippen LogP contribution in [0.2, 0.25) is 0 Å². The second kappa shape index (κ2) is 5.58. The quantitative estimate of drug-likeness (QED) is 0.576. The van der Waals surface area contributed by atoms with E-state index in [4.69, 9.17) is 0 Å². The zero-order valence-electron chi connectivity index (χ0n) is 12.6. The van der Waals surface area contributed by atoms with Crippen molar-refractivity contribution in [3.05, 3.63) is 51.8 Å². The second-order valence-corrected chi connectivity index (χ2v) is 6.82. The van der Waals surface area contributed by atoms with Gasteiger partial charge in [0.2, 0.25) is 0 Å². The van der Waals surface area contributed by atoms with Gasteiger partial charge in [-0.25, -0.2) is 9.50 Å². The van der Waals surface area contributed by atoms with Crippen LogP contribution in [0.15, 0.2) is 34.8 Å². The minimum absolute atomic E-state index is 0.248. The number of aromatic nitrogens is 3. The lowest BCUT2D eigenvalue weighted by Gasteiger charge is -2.20. The van der Waals surface area contributed by atoms with Crippen molar-refractivity contribution in [3.8, 4) is 11.3 Å². The molecular formula is C17H13BrF3N3. The fourth-order valence-corrected chi connectivity index (χ4v) is 3.63. The standard InChI is InChI=1S/C17H13BrF3N3/c18-11-5-3-4-10(8-11)14-9-15-22-13-7-2-1-6-12(13)16(17(19,20)21)24(15)23-14/h3-5,8-9H,1-2,6-7H2. The molecule has 0 saturated carbocycles. The van der Waals surface area contributed by atoms with Gasteiger partial charge in [-0.1, -0.05) is 28.1 Å². The largest absolute Gasteiger partial charge is 0.433 e. The van der Waals surface area contributed by atoms with Crippen molar-refractivity contribution in [2.45, 2.75) is 31.9 Å². The minimum Gasteiger partial charge on any atom is -0.233 e. The predicted molar refractivity (Wildman–Crippen MR) is 87.8 cm³/mol. The maximum Gasteiger partial charge on any atom is 0.433 e. The van der Waals surface area contributed by atoms with Crippen LogP contribution in [0.4, 0.5) is 13.2 Å². The zero-order valence-corrected chi connectivity index (χ0v) is 14.2. The monoisotopic (exact) mass is 395 g/mol. The summed E-state index contributed by atoms with van der Waals surface area (Å²) in [5.41, 5.74) is 1.66.